The number of halogens is 2. The van der Waals surface area contributed by atoms with Crippen molar-refractivity contribution in [2.24, 2.45) is 5.92 Å². The van der Waals surface area contributed by atoms with Gasteiger partial charge in [-0.2, -0.15) is 0 Å². The monoisotopic (exact) mass is 319 g/mol. The van der Waals surface area contributed by atoms with Crippen molar-refractivity contribution in [3.63, 3.8) is 0 Å². The number of nitrogens with one attached hydrogen (secondary N) is 2. The third kappa shape index (κ3) is 5.35. The number of alkyl carbamates (subject to hydrolysis) is 1. The minimum atomic E-state index is -2.98. The van der Waals surface area contributed by atoms with E-state index in [1.807, 2.05) is 0 Å². The number of ether oxygens (including phenoxy) is 1. The summed E-state index contributed by atoms with van der Waals surface area (Å²) in [4.78, 5) is 13.7. The molecule has 7 heteroatoms. The Morgan fingerprint density at radius 2 is 1.86 bits per heavy atom. The molecule has 0 spiro atoms. The second kappa shape index (κ2) is 6.66. The minimum Gasteiger partial charge on any atom is -0.444 e. The second-order valence-electron chi connectivity index (χ2n) is 7.34. The summed E-state index contributed by atoms with van der Waals surface area (Å²) in [6, 6.07) is 0.134. The van der Waals surface area contributed by atoms with Crippen LogP contribution in [0.5, 0.6) is 0 Å². The number of alkyl halides is 2. The van der Waals surface area contributed by atoms with Gasteiger partial charge in [-0.3, -0.25) is 0 Å². The molecule has 0 aromatic rings. The van der Waals surface area contributed by atoms with Gasteiger partial charge in [-0.15, -0.1) is 0 Å². The number of hydrogen-bond acceptors (Lipinski definition) is 4. The Kier molecular flexibility index (Phi) is 5.27. The lowest BCUT2D eigenvalue weighted by Gasteiger charge is -2.45. The molecule has 2 bridgehead atoms. The minimum absolute atomic E-state index is 0.134. The van der Waals surface area contributed by atoms with Gasteiger partial charge in [0.1, 0.15) is 5.60 Å². The molecular formula is C15H27F2N3O2. The van der Waals surface area contributed by atoms with Crippen molar-refractivity contribution >= 4 is 6.09 Å². The highest BCUT2D eigenvalue weighted by molar-refractivity contribution is 5.67. The van der Waals surface area contributed by atoms with Crippen LogP contribution in [0.2, 0.25) is 0 Å². The van der Waals surface area contributed by atoms with E-state index in [4.69, 9.17) is 4.74 Å². The Morgan fingerprint density at radius 3 is 2.36 bits per heavy atom. The van der Waals surface area contributed by atoms with Crippen LogP contribution in [0.4, 0.5) is 13.6 Å². The van der Waals surface area contributed by atoms with Crippen LogP contribution < -0.4 is 10.6 Å². The Morgan fingerprint density at radius 1 is 1.23 bits per heavy atom. The molecule has 0 saturated carbocycles. The first-order valence-corrected chi connectivity index (χ1v) is 7.95. The molecule has 0 aliphatic carbocycles. The highest BCUT2D eigenvalue weighted by atomic mass is 19.3. The normalized spacial score (nSPS) is 28.5. The van der Waals surface area contributed by atoms with E-state index >= 15 is 0 Å². The van der Waals surface area contributed by atoms with Gasteiger partial charge in [-0.05, 0) is 52.6 Å². The third-order valence-electron chi connectivity index (χ3n) is 4.17. The van der Waals surface area contributed by atoms with Crippen LogP contribution in [-0.4, -0.2) is 61.3 Å². The van der Waals surface area contributed by atoms with Crippen molar-refractivity contribution in [3.8, 4) is 0 Å². The second-order valence-corrected chi connectivity index (χ2v) is 7.34. The molecule has 2 N–H and O–H groups in total. The van der Waals surface area contributed by atoms with Gasteiger partial charge in [-0.1, -0.05) is 0 Å². The molecule has 1 atom stereocenters. The number of carbonyl (C=O) groups excluding carboxylic acids is 1. The molecule has 3 saturated heterocycles. The first-order valence-electron chi connectivity index (χ1n) is 7.95. The van der Waals surface area contributed by atoms with E-state index in [1.54, 1.807) is 20.8 Å². The fraction of sp³-hybridized carbons (Fsp3) is 0.933. The zero-order chi connectivity index (χ0) is 16.4. The summed E-state index contributed by atoms with van der Waals surface area (Å²) in [6.45, 7) is 6.96. The summed E-state index contributed by atoms with van der Waals surface area (Å²) in [5, 5.41) is 5.12. The predicted molar refractivity (Wildman–Crippen MR) is 80.1 cm³/mol. The van der Waals surface area contributed by atoms with E-state index in [0.717, 1.165) is 32.5 Å². The zero-order valence-electron chi connectivity index (χ0n) is 13.6. The van der Waals surface area contributed by atoms with Crippen LogP contribution in [0.1, 0.15) is 33.6 Å². The number of amides is 1. The van der Waals surface area contributed by atoms with E-state index in [-0.39, 0.29) is 6.04 Å². The molecule has 22 heavy (non-hydrogen) atoms. The summed E-state index contributed by atoms with van der Waals surface area (Å²) in [7, 11) is 0. The van der Waals surface area contributed by atoms with E-state index in [0.29, 0.717) is 5.92 Å². The predicted octanol–water partition coefficient (Wildman–Crippen LogP) is 1.83. The Balaban J connectivity index is 1.71. The SMILES string of the molecule is CC(C)(C)OC(=O)NCC(F)(F)CNC1CN2CCC1CC2. The quantitative estimate of drug-likeness (QED) is 0.812. The van der Waals surface area contributed by atoms with Crippen molar-refractivity contribution in [2.45, 2.75) is 51.2 Å². The topological polar surface area (TPSA) is 53.6 Å². The maximum atomic E-state index is 13.9. The van der Waals surface area contributed by atoms with Gasteiger partial charge >= 0.3 is 6.09 Å². The van der Waals surface area contributed by atoms with Crippen LogP contribution in [-0.2, 0) is 4.74 Å². The summed E-state index contributed by atoms with van der Waals surface area (Å²) >= 11 is 0. The number of fused-ring (bicyclic) bond motifs is 3. The molecule has 0 radical (unpaired) electrons. The molecule has 3 fully saturated rings. The molecule has 128 valence electrons. The highest BCUT2D eigenvalue weighted by Gasteiger charge is 2.37. The number of carbonyl (C=O) groups is 1. The fourth-order valence-corrected chi connectivity index (χ4v) is 3.05. The summed E-state index contributed by atoms with van der Waals surface area (Å²) < 4.78 is 32.7. The van der Waals surface area contributed by atoms with Crippen LogP contribution in [0.3, 0.4) is 0 Å². The molecule has 3 aliphatic rings. The van der Waals surface area contributed by atoms with E-state index in [2.05, 4.69) is 15.5 Å². The van der Waals surface area contributed by atoms with Crippen molar-refractivity contribution in [1.82, 2.24) is 15.5 Å². The molecular weight excluding hydrogens is 292 g/mol. The van der Waals surface area contributed by atoms with Gasteiger partial charge in [0.2, 0.25) is 0 Å². The lowest BCUT2D eigenvalue weighted by molar-refractivity contribution is -0.0148. The summed E-state index contributed by atoms with van der Waals surface area (Å²) in [6.07, 6.45) is 1.36. The molecule has 0 aromatic carbocycles. The first-order chi connectivity index (χ1) is 10.1. The molecule has 0 aromatic heterocycles. The molecule has 1 unspecified atom stereocenters. The van der Waals surface area contributed by atoms with Gasteiger partial charge in [0, 0.05) is 12.6 Å². The first kappa shape index (κ1) is 17.4. The average molecular weight is 319 g/mol. The number of nitrogens with zero attached hydrogens (tertiary/aromatic N) is 1. The van der Waals surface area contributed by atoms with Gasteiger partial charge in [-0.25, -0.2) is 13.6 Å². The van der Waals surface area contributed by atoms with E-state index in [1.165, 1.54) is 0 Å². The third-order valence-corrected chi connectivity index (χ3v) is 4.17. The lowest BCUT2D eigenvalue weighted by atomic mass is 9.84. The van der Waals surface area contributed by atoms with Crippen molar-refractivity contribution in [3.05, 3.63) is 0 Å². The van der Waals surface area contributed by atoms with Crippen molar-refractivity contribution in [2.75, 3.05) is 32.7 Å². The number of piperidine rings is 3. The van der Waals surface area contributed by atoms with E-state index in [9.17, 15) is 13.6 Å². The zero-order valence-corrected chi connectivity index (χ0v) is 13.6. The summed E-state index contributed by atoms with van der Waals surface area (Å²) in [5.74, 6) is -2.48. The number of rotatable bonds is 5. The highest BCUT2D eigenvalue weighted by Crippen LogP contribution is 2.27. The molecule has 3 aliphatic heterocycles. The van der Waals surface area contributed by atoms with Crippen LogP contribution in [0.15, 0.2) is 0 Å². The van der Waals surface area contributed by atoms with Gasteiger partial charge in [0.05, 0.1) is 13.1 Å². The molecule has 1 amide bonds. The maximum absolute atomic E-state index is 13.9. The van der Waals surface area contributed by atoms with E-state index < -0.39 is 30.7 Å². The van der Waals surface area contributed by atoms with Gasteiger partial charge < -0.3 is 20.3 Å². The average Bonchev–Trinajstić information content (AvgIpc) is 2.43. The Hall–Kier alpha value is -0.950. The Bertz CT molecular complexity index is 391. The smallest absolute Gasteiger partial charge is 0.407 e. The molecule has 3 heterocycles. The largest absolute Gasteiger partial charge is 0.444 e. The maximum Gasteiger partial charge on any atom is 0.407 e. The van der Waals surface area contributed by atoms with Crippen LogP contribution in [0.25, 0.3) is 0 Å². The van der Waals surface area contributed by atoms with Crippen LogP contribution in [0, 0.1) is 5.92 Å². The van der Waals surface area contributed by atoms with Crippen LogP contribution >= 0.6 is 0 Å². The molecule has 3 rings (SSSR count). The van der Waals surface area contributed by atoms with Gasteiger partial charge in [0.25, 0.3) is 5.92 Å². The fourth-order valence-electron chi connectivity index (χ4n) is 3.05. The Labute approximate surface area is 130 Å². The molecule has 5 nitrogen and oxygen atoms in total. The summed E-state index contributed by atoms with van der Waals surface area (Å²) in [5.41, 5.74) is -0.687. The lowest BCUT2D eigenvalue weighted by Crippen LogP contribution is -2.58. The standard InChI is InChI=1S/C15H27F2N3O2/c1-14(2,3)22-13(21)19-10-15(16,17)9-18-12-8-20-6-4-11(12)5-7-20/h11-12,18H,4-10H2,1-3H3,(H,19,21). The van der Waals surface area contributed by atoms with Crippen molar-refractivity contribution < 1.29 is 18.3 Å². The van der Waals surface area contributed by atoms with Crippen molar-refractivity contribution in [1.29, 1.82) is 0 Å². The number of hydrogen-bond donors (Lipinski definition) is 2. The van der Waals surface area contributed by atoms with Gasteiger partial charge in [0.15, 0.2) is 0 Å².